The fourth-order valence-corrected chi connectivity index (χ4v) is 7.92. The number of hydrogen-bond acceptors (Lipinski definition) is 7. The Labute approximate surface area is 283 Å². The van der Waals surface area contributed by atoms with Crippen molar-refractivity contribution in [3.05, 3.63) is 157 Å². The molecule has 0 unspecified atom stereocenters. The summed E-state index contributed by atoms with van der Waals surface area (Å²) in [6.07, 6.45) is 3.59. The Bertz CT molecular complexity index is 2250. The summed E-state index contributed by atoms with van der Waals surface area (Å²) in [4.78, 5) is 26.7. The van der Waals surface area contributed by atoms with Crippen LogP contribution < -0.4 is 9.80 Å². The highest BCUT2D eigenvalue weighted by atomic mass is 32.2. The summed E-state index contributed by atoms with van der Waals surface area (Å²) >= 11 is 1.80. The van der Waals surface area contributed by atoms with E-state index in [-0.39, 0.29) is 5.41 Å². The minimum absolute atomic E-state index is 0.302. The molecule has 0 radical (unpaired) electrons. The summed E-state index contributed by atoms with van der Waals surface area (Å²) in [6.45, 7) is 4.63. The Morgan fingerprint density at radius 3 is 1.79 bits per heavy atom. The standard InChI is InChI=1S/C41H30N6S/c1-41(2)28-16-6-7-19-34(28)47(40-44-32(30-17-10-12-22-42-30)25-33(45-40)31-18-11-13-23-43-31)36-26-39-37(24-29(36)41)46(27-14-4-3-5-15-27)35-20-8-9-21-38(35)48-39/h3-26H,1-2H3. The zero-order valence-corrected chi connectivity index (χ0v) is 27.3. The molecule has 230 valence electrons. The lowest BCUT2D eigenvalue weighted by Gasteiger charge is -2.43. The van der Waals surface area contributed by atoms with Crippen molar-refractivity contribution in [1.82, 2.24) is 19.9 Å². The van der Waals surface area contributed by atoms with Crippen LogP contribution in [-0.2, 0) is 5.41 Å². The zero-order chi connectivity index (χ0) is 32.2. The molecule has 0 N–H and O–H groups in total. The van der Waals surface area contributed by atoms with Gasteiger partial charge in [-0.15, -0.1) is 0 Å². The maximum Gasteiger partial charge on any atom is 0.235 e. The Morgan fingerprint density at radius 1 is 0.479 bits per heavy atom. The van der Waals surface area contributed by atoms with E-state index in [1.807, 2.05) is 42.5 Å². The molecule has 0 amide bonds. The van der Waals surface area contributed by atoms with Crippen LogP contribution >= 0.6 is 11.8 Å². The maximum absolute atomic E-state index is 5.22. The monoisotopic (exact) mass is 638 g/mol. The van der Waals surface area contributed by atoms with Gasteiger partial charge in [0.15, 0.2) is 0 Å². The summed E-state index contributed by atoms with van der Waals surface area (Å²) in [5, 5.41) is 0. The fourth-order valence-electron chi connectivity index (χ4n) is 6.84. The smallest absolute Gasteiger partial charge is 0.235 e. The number of para-hydroxylation sites is 3. The van der Waals surface area contributed by atoms with Gasteiger partial charge in [0.05, 0.1) is 45.5 Å². The van der Waals surface area contributed by atoms with E-state index >= 15 is 0 Å². The first-order valence-electron chi connectivity index (χ1n) is 16.0. The third-order valence-electron chi connectivity index (χ3n) is 9.16. The summed E-state index contributed by atoms with van der Waals surface area (Å²) in [7, 11) is 0. The molecule has 0 saturated heterocycles. The van der Waals surface area contributed by atoms with Gasteiger partial charge in [0.2, 0.25) is 5.95 Å². The predicted octanol–water partition coefficient (Wildman–Crippen LogP) is 10.6. The van der Waals surface area contributed by atoms with Crippen LogP contribution in [0.2, 0.25) is 0 Å². The van der Waals surface area contributed by atoms with Crippen LogP contribution in [0.3, 0.4) is 0 Å². The second kappa shape index (κ2) is 11.2. The van der Waals surface area contributed by atoms with Crippen molar-refractivity contribution in [2.45, 2.75) is 29.1 Å². The second-order valence-corrected chi connectivity index (χ2v) is 13.5. The highest BCUT2D eigenvalue weighted by molar-refractivity contribution is 7.99. The van der Waals surface area contributed by atoms with Crippen LogP contribution in [0.15, 0.2) is 156 Å². The van der Waals surface area contributed by atoms with Crippen LogP contribution in [0, 0.1) is 0 Å². The normalized spacial score (nSPS) is 14.0. The number of hydrogen-bond donors (Lipinski definition) is 0. The molecule has 0 atom stereocenters. The minimum atomic E-state index is -0.302. The molecule has 2 aliphatic rings. The van der Waals surface area contributed by atoms with Gasteiger partial charge in [0.25, 0.3) is 0 Å². The molecular weight excluding hydrogens is 609 g/mol. The average Bonchev–Trinajstić information content (AvgIpc) is 3.14. The summed E-state index contributed by atoms with van der Waals surface area (Å²) in [5.41, 5.74) is 10.7. The average molecular weight is 639 g/mol. The molecule has 0 bridgehead atoms. The van der Waals surface area contributed by atoms with E-state index in [1.165, 1.54) is 26.6 Å². The second-order valence-electron chi connectivity index (χ2n) is 12.4. The fraction of sp³-hybridized carbons (Fsp3) is 0.0732. The zero-order valence-electron chi connectivity index (χ0n) is 26.4. The molecule has 3 aromatic heterocycles. The molecule has 5 heterocycles. The Morgan fingerprint density at radius 2 is 1.10 bits per heavy atom. The van der Waals surface area contributed by atoms with E-state index < -0.39 is 0 Å². The third-order valence-corrected chi connectivity index (χ3v) is 10.3. The van der Waals surface area contributed by atoms with E-state index in [2.05, 4.69) is 125 Å². The number of nitrogens with zero attached hydrogens (tertiary/aromatic N) is 6. The van der Waals surface area contributed by atoms with Gasteiger partial charge in [-0.1, -0.05) is 86.3 Å². The van der Waals surface area contributed by atoms with Gasteiger partial charge in [-0.2, -0.15) is 0 Å². The highest BCUT2D eigenvalue weighted by Gasteiger charge is 2.40. The number of fused-ring (bicyclic) bond motifs is 4. The summed E-state index contributed by atoms with van der Waals surface area (Å²) < 4.78 is 0. The van der Waals surface area contributed by atoms with Gasteiger partial charge in [-0.3, -0.25) is 14.9 Å². The summed E-state index contributed by atoms with van der Waals surface area (Å²) in [6, 6.07) is 46.4. The molecule has 9 rings (SSSR count). The largest absolute Gasteiger partial charge is 0.308 e. The van der Waals surface area contributed by atoms with Gasteiger partial charge in [0, 0.05) is 33.3 Å². The maximum atomic E-state index is 5.22. The molecule has 0 saturated carbocycles. The van der Waals surface area contributed by atoms with Crippen molar-refractivity contribution in [1.29, 1.82) is 0 Å². The van der Waals surface area contributed by atoms with Crippen molar-refractivity contribution < 1.29 is 0 Å². The van der Waals surface area contributed by atoms with E-state index in [0.29, 0.717) is 5.95 Å². The Hall–Kier alpha value is -5.79. The molecule has 48 heavy (non-hydrogen) atoms. The van der Waals surface area contributed by atoms with E-state index in [9.17, 15) is 0 Å². The lowest BCUT2D eigenvalue weighted by molar-refractivity contribution is 0.630. The molecule has 4 aromatic carbocycles. The van der Waals surface area contributed by atoms with Gasteiger partial charge in [0.1, 0.15) is 0 Å². The van der Waals surface area contributed by atoms with Crippen LogP contribution in [0.4, 0.5) is 34.4 Å². The van der Waals surface area contributed by atoms with E-state index in [0.717, 1.165) is 45.5 Å². The molecule has 0 aliphatic carbocycles. The van der Waals surface area contributed by atoms with Gasteiger partial charge >= 0.3 is 0 Å². The Balaban J connectivity index is 1.31. The Kier molecular flexibility index (Phi) is 6.62. The van der Waals surface area contributed by atoms with E-state index in [4.69, 9.17) is 9.97 Å². The molecule has 0 spiro atoms. The minimum Gasteiger partial charge on any atom is -0.308 e. The van der Waals surface area contributed by atoms with Crippen molar-refractivity contribution in [2.24, 2.45) is 0 Å². The lowest BCUT2D eigenvalue weighted by Crippen LogP contribution is -2.32. The quantitative estimate of drug-likeness (QED) is 0.190. The molecule has 7 aromatic rings. The van der Waals surface area contributed by atoms with Crippen LogP contribution in [-0.4, -0.2) is 19.9 Å². The number of pyridine rings is 2. The summed E-state index contributed by atoms with van der Waals surface area (Å²) in [5.74, 6) is 0.573. The van der Waals surface area contributed by atoms with Crippen molar-refractivity contribution >= 4 is 46.1 Å². The van der Waals surface area contributed by atoms with Crippen molar-refractivity contribution in [3.63, 3.8) is 0 Å². The van der Waals surface area contributed by atoms with E-state index in [1.54, 1.807) is 24.2 Å². The topological polar surface area (TPSA) is 58.0 Å². The molecule has 2 aliphatic heterocycles. The van der Waals surface area contributed by atoms with Crippen molar-refractivity contribution in [2.75, 3.05) is 9.80 Å². The first-order valence-corrected chi connectivity index (χ1v) is 16.8. The number of anilines is 6. The van der Waals surface area contributed by atoms with Gasteiger partial charge in [-0.05, 0) is 83.9 Å². The first kappa shape index (κ1) is 28.4. The van der Waals surface area contributed by atoms with Crippen LogP contribution in [0.1, 0.15) is 25.0 Å². The SMILES string of the molecule is CC1(C)c2ccccc2N(c2nc(-c3ccccn3)cc(-c3ccccn3)n2)c2cc3c(cc21)N(c1ccccc1)c1ccccc1S3. The first-order chi connectivity index (χ1) is 23.6. The van der Waals surface area contributed by atoms with Crippen molar-refractivity contribution in [3.8, 4) is 22.8 Å². The van der Waals surface area contributed by atoms with Gasteiger partial charge in [-0.25, -0.2) is 9.97 Å². The molecule has 7 heteroatoms. The number of aromatic nitrogens is 4. The van der Waals surface area contributed by atoms with Crippen LogP contribution in [0.25, 0.3) is 22.8 Å². The lowest BCUT2D eigenvalue weighted by atomic mass is 9.73. The third kappa shape index (κ3) is 4.58. The van der Waals surface area contributed by atoms with Gasteiger partial charge < -0.3 is 4.90 Å². The van der Waals surface area contributed by atoms with Crippen LogP contribution in [0.5, 0.6) is 0 Å². The molecular formula is C41H30N6S. The molecule has 6 nitrogen and oxygen atoms in total. The molecule has 0 fully saturated rings. The predicted molar refractivity (Wildman–Crippen MR) is 194 cm³/mol. The highest BCUT2D eigenvalue weighted by Crippen LogP contribution is 2.58. The number of benzene rings is 4. The number of rotatable bonds is 4.